The first-order valence-corrected chi connectivity index (χ1v) is 13.4. The summed E-state index contributed by atoms with van der Waals surface area (Å²) in [6.07, 6.45) is -4.19. The van der Waals surface area contributed by atoms with Crippen LogP contribution in [0.3, 0.4) is 0 Å². The Morgan fingerprint density at radius 2 is 1.80 bits per heavy atom. The molecule has 5 atom stereocenters. The van der Waals surface area contributed by atoms with Gasteiger partial charge >= 0.3 is 0 Å². The third-order valence-electron chi connectivity index (χ3n) is 6.88. The summed E-state index contributed by atoms with van der Waals surface area (Å²) in [4.78, 5) is 14.0. The van der Waals surface area contributed by atoms with Crippen molar-refractivity contribution >= 4 is 11.0 Å². The van der Waals surface area contributed by atoms with E-state index in [9.17, 15) is 25.2 Å². The first-order valence-electron chi connectivity index (χ1n) is 13.4. The van der Waals surface area contributed by atoms with E-state index >= 15 is 0 Å². The van der Waals surface area contributed by atoms with Crippen molar-refractivity contribution in [1.29, 1.82) is 0 Å². The molecule has 0 radical (unpaired) electrons. The lowest BCUT2D eigenvalue weighted by Gasteiger charge is -2.38. The molecule has 222 valence electrons. The van der Waals surface area contributed by atoms with E-state index in [1.54, 1.807) is 24.3 Å². The molecule has 2 heterocycles. The van der Waals surface area contributed by atoms with Gasteiger partial charge in [0.15, 0.2) is 5.76 Å². The van der Waals surface area contributed by atoms with Crippen molar-refractivity contribution in [2.75, 3.05) is 20.3 Å². The van der Waals surface area contributed by atoms with Gasteiger partial charge in [-0.15, -0.1) is 0 Å². The zero-order valence-corrected chi connectivity index (χ0v) is 23.5. The molecule has 1 aliphatic heterocycles. The quantitative estimate of drug-likeness (QED) is 0.179. The van der Waals surface area contributed by atoms with E-state index in [0.717, 1.165) is 5.57 Å². The fourth-order valence-electron chi connectivity index (χ4n) is 4.52. The Bertz CT molecular complexity index is 1440. The average Bonchev–Trinajstić information content (AvgIpc) is 2.95. The van der Waals surface area contributed by atoms with Crippen LogP contribution in [0.25, 0.3) is 22.3 Å². The topological polar surface area (TPSA) is 174 Å². The van der Waals surface area contributed by atoms with E-state index in [1.807, 2.05) is 19.9 Å². The van der Waals surface area contributed by atoms with Gasteiger partial charge in [0.05, 0.1) is 19.8 Å². The molecule has 4 rings (SSSR count). The van der Waals surface area contributed by atoms with Crippen LogP contribution in [0.4, 0.5) is 0 Å². The van der Waals surface area contributed by atoms with E-state index in [2.05, 4.69) is 0 Å². The summed E-state index contributed by atoms with van der Waals surface area (Å²) in [5.41, 5.74) is 6.98. The molecule has 11 nitrogen and oxygen atoms in total. The summed E-state index contributed by atoms with van der Waals surface area (Å²) in [5.74, 6) is 0.149. The van der Waals surface area contributed by atoms with Crippen molar-refractivity contribution in [1.82, 2.24) is 0 Å². The third kappa shape index (κ3) is 6.34. The van der Waals surface area contributed by atoms with Crippen molar-refractivity contribution in [3.05, 3.63) is 57.8 Å². The predicted molar refractivity (Wildman–Crippen MR) is 151 cm³/mol. The van der Waals surface area contributed by atoms with Gasteiger partial charge in [0.25, 0.3) is 0 Å². The van der Waals surface area contributed by atoms with E-state index in [-0.39, 0.29) is 22.5 Å². The van der Waals surface area contributed by atoms with Gasteiger partial charge in [-0.3, -0.25) is 4.79 Å². The highest BCUT2D eigenvalue weighted by Crippen LogP contribution is 2.40. The monoisotopic (exact) mass is 571 g/mol. The molecular weight excluding hydrogens is 534 g/mol. The van der Waals surface area contributed by atoms with Gasteiger partial charge in [0.2, 0.25) is 17.5 Å². The molecule has 3 aromatic rings. The number of ether oxygens (including phenoxy) is 4. The van der Waals surface area contributed by atoms with Crippen LogP contribution in [-0.4, -0.2) is 71.4 Å². The number of benzene rings is 2. The number of nitrogens with two attached hydrogens (primary N) is 1. The molecule has 1 fully saturated rings. The third-order valence-corrected chi connectivity index (χ3v) is 6.88. The number of allylic oxidation sites excluding steroid dienone is 2. The van der Waals surface area contributed by atoms with Gasteiger partial charge in [-0.1, -0.05) is 11.6 Å². The summed E-state index contributed by atoms with van der Waals surface area (Å²) in [7, 11) is 1.52. The Kier molecular flexibility index (Phi) is 9.57. The molecule has 0 spiro atoms. The number of phenols is 1. The number of rotatable bonds is 10. The van der Waals surface area contributed by atoms with E-state index in [1.165, 1.54) is 20.1 Å². The summed E-state index contributed by atoms with van der Waals surface area (Å²) in [6, 6.07) is 8.02. The number of fused-ring (bicyclic) bond motifs is 1. The molecule has 0 amide bonds. The standard InChI is InChI=1S/C30H37NO10/c1-15(2)6-11-19-21(38-13-5-12-31)14-20(32)22-24(34)29(41-30-26(36)25(35)23(33)16(3)39-30)27(40-28(19)22)17-7-9-18(37-4)10-8-17/h6-10,14,16,23,25-26,30,32-33,35-36H,5,11-13,31H2,1-4H3/t16-,23-,25+,26+,30-/m1/s1. The molecule has 2 aromatic carbocycles. The van der Waals surface area contributed by atoms with Crippen LogP contribution in [-0.2, 0) is 11.2 Å². The van der Waals surface area contributed by atoms with Gasteiger partial charge < -0.3 is 49.5 Å². The zero-order valence-electron chi connectivity index (χ0n) is 23.5. The fourth-order valence-corrected chi connectivity index (χ4v) is 4.52. The van der Waals surface area contributed by atoms with Crippen LogP contribution in [0.1, 0.15) is 32.8 Å². The van der Waals surface area contributed by atoms with Gasteiger partial charge in [0, 0.05) is 17.2 Å². The Morgan fingerprint density at radius 3 is 2.44 bits per heavy atom. The molecule has 0 saturated carbocycles. The lowest BCUT2D eigenvalue weighted by molar-refractivity contribution is -0.268. The SMILES string of the molecule is COc1ccc(-c2oc3c(CC=C(C)C)c(OCCCN)cc(O)c3c(=O)c2O[C@H]2O[C@H](C)[C@@H](O)[C@H](O)[C@@H]2O)cc1. The number of hydrogen-bond acceptors (Lipinski definition) is 11. The maximum Gasteiger partial charge on any atom is 0.239 e. The first kappa shape index (κ1) is 30.4. The second kappa shape index (κ2) is 12.9. The smallest absolute Gasteiger partial charge is 0.239 e. The molecule has 0 unspecified atom stereocenters. The van der Waals surface area contributed by atoms with Crippen molar-refractivity contribution in [2.24, 2.45) is 5.73 Å². The average molecular weight is 572 g/mol. The van der Waals surface area contributed by atoms with Crippen molar-refractivity contribution in [3.8, 4) is 34.3 Å². The van der Waals surface area contributed by atoms with Gasteiger partial charge in [-0.2, -0.15) is 0 Å². The van der Waals surface area contributed by atoms with Crippen LogP contribution in [0.5, 0.6) is 23.0 Å². The van der Waals surface area contributed by atoms with Crippen molar-refractivity contribution < 1.29 is 43.8 Å². The number of aliphatic hydroxyl groups is 3. The number of methoxy groups -OCH3 is 1. The molecule has 11 heteroatoms. The molecule has 0 bridgehead atoms. The van der Waals surface area contributed by atoms with Crippen LogP contribution < -0.4 is 25.4 Å². The molecule has 0 aliphatic carbocycles. The first-order chi connectivity index (χ1) is 19.6. The van der Waals surface area contributed by atoms with Crippen LogP contribution in [0, 0.1) is 0 Å². The normalized spacial score (nSPS) is 22.4. The number of phenolic OH excluding ortho intramolecular Hbond substituents is 1. The molecule has 1 aromatic heterocycles. The molecular formula is C30H37NO10. The zero-order chi connectivity index (χ0) is 29.8. The molecule has 41 heavy (non-hydrogen) atoms. The number of aliphatic hydroxyl groups excluding tert-OH is 3. The maximum absolute atomic E-state index is 14.0. The highest BCUT2D eigenvalue weighted by molar-refractivity contribution is 5.91. The number of hydrogen-bond donors (Lipinski definition) is 5. The summed E-state index contributed by atoms with van der Waals surface area (Å²) < 4.78 is 29.0. The van der Waals surface area contributed by atoms with E-state index in [4.69, 9.17) is 29.1 Å². The minimum absolute atomic E-state index is 0.00817. The van der Waals surface area contributed by atoms with Gasteiger partial charge in [-0.05, 0) is 64.4 Å². The lowest BCUT2D eigenvalue weighted by Crippen LogP contribution is -2.58. The Morgan fingerprint density at radius 1 is 1.10 bits per heavy atom. The minimum Gasteiger partial charge on any atom is -0.507 e. The largest absolute Gasteiger partial charge is 0.507 e. The summed E-state index contributed by atoms with van der Waals surface area (Å²) in [6.45, 7) is 6.08. The van der Waals surface area contributed by atoms with Crippen molar-refractivity contribution in [2.45, 2.75) is 64.3 Å². The Balaban J connectivity index is 1.97. The van der Waals surface area contributed by atoms with E-state index < -0.39 is 41.9 Å². The van der Waals surface area contributed by atoms with Crippen LogP contribution in [0.15, 0.2) is 51.2 Å². The summed E-state index contributed by atoms with van der Waals surface area (Å²) in [5, 5.41) is 41.9. The van der Waals surface area contributed by atoms with E-state index in [0.29, 0.717) is 48.6 Å². The van der Waals surface area contributed by atoms with Crippen LogP contribution >= 0.6 is 0 Å². The van der Waals surface area contributed by atoms with Gasteiger partial charge in [-0.25, -0.2) is 0 Å². The molecule has 6 N–H and O–H groups in total. The highest BCUT2D eigenvalue weighted by atomic mass is 16.7. The van der Waals surface area contributed by atoms with Gasteiger partial charge in [0.1, 0.15) is 46.5 Å². The Hall–Kier alpha value is -3.61. The molecule has 1 aliphatic rings. The summed E-state index contributed by atoms with van der Waals surface area (Å²) >= 11 is 0. The predicted octanol–water partition coefficient (Wildman–Crippen LogP) is 2.62. The van der Waals surface area contributed by atoms with Crippen LogP contribution in [0.2, 0.25) is 0 Å². The second-order valence-electron chi connectivity index (χ2n) is 10.2. The molecule has 1 saturated heterocycles. The second-order valence-corrected chi connectivity index (χ2v) is 10.2. The maximum atomic E-state index is 14.0. The number of aromatic hydroxyl groups is 1. The lowest BCUT2D eigenvalue weighted by atomic mass is 10.00. The van der Waals surface area contributed by atoms with Crippen molar-refractivity contribution in [3.63, 3.8) is 0 Å². The Labute approximate surface area is 237 Å². The fraction of sp³-hybridized carbons (Fsp3) is 0.433. The minimum atomic E-state index is -1.68. The highest BCUT2D eigenvalue weighted by Gasteiger charge is 2.44.